The molecule has 3 rings (SSSR count). The molecule has 1 atom stereocenters. The van der Waals surface area contributed by atoms with Gasteiger partial charge in [-0.2, -0.15) is 0 Å². The molecule has 2 N–H and O–H groups in total. The van der Waals surface area contributed by atoms with Crippen molar-refractivity contribution in [2.24, 2.45) is 0 Å². The molecule has 0 saturated carbocycles. The fourth-order valence-electron chi connectivity index (χ4n) is 2.74. The molecule has 0 bridgehead atoms. The Morgan fingerprint density at radius 3 is 2.38 bits per heavy atom. The highest BCUT2D eigenvalue weighted by Gasteiger charge is 2.29. The van der Waals surface area contributed by atoms with Crippen LogP contribution in [0.5, 0.6) is 5.75 Å². The number of nitrogens with one attached hydrogen (secondary N) is 1. The predicted octanol–water partition coefficient (Wildman–Crippen LogP) is 5.58. The summed E-state index contributed by atoms with van der Waals surface area (Å²) in [6, 6.07) is 6.29. The molecule has 2 heterocycles. The minimum absolute atomic E-state index is 0. The molecular weight excluding hydrogens is 567 g/mol. The summed E-state index contributed by atoms with van der Waals surface area (Å²) in [4.78, 5) is 3.74. The minimum Gasteiger partial charge on any atom is -0.506 e. The monoisotopic (exact) mass is 580 g/mol. The third kappa shape index (κ3) is 4.68. The highest BCUT2D eigenvalue weighted by atomic mass is 79.9. The molecule has 24 heavy (non-hydrogen) atoms. The van der Waals surface area contributed by atoms with Crippen molar-refractivity contribution in [2.75, 3.05) is 26.2 Å². The fraction of sp³-hybridized carbons (Fsp3) is 0.333. The summed E-state index contributed by atoms with van der Waals surface area (Å²) in [6.45, 7) is 3.94. The first-order chi connectivity index (χ1) is 10.6. The van der Waals surface area contributed by atoms with E-state index in [-0.39, 0.29) is 36.6 Å². The SMILES string of the molecule is Cl.Cl.Oc1c(Br)cc(Br)c([C@@H](c2cccs2)N2CCNCC2)c1Br. The Morgan fingerprint density at radius 2 is 1.79 bits per heavy atom. The van der Waals surface area contributed by atoms with Gasteiger partial charge in [-0.3, -0.25) is 4.90 Å². The number of phenolic OH excluding ortho intramolecular Hbond substituents is 1. The first-order valence-corrected chi connectivity index (χ1v) is 10.2. The standard InChI is InChI=1S/C15H15Br3N2OS.2ClH/c16-9-8-10(17)15(21)13(18)12(9)14(11-2-1-7-22-11)20-5-3-19-4-6-20;;/h1-2,7-8,14,19,21H,3-6H2;2*1H/t14-;;/m1../s1. The summed E-state index contributed by atoms with van der Waals surface area (Å²) in [6.07, 6.45) is 0. The van der Waals surface area contributed by atoms with E-state index in [2.05, 4.69) is 75.5 Å². The molecule has 1 aromatic carbocycles. The number of rotatable bonds is 3. The van der Waals surface area contributed by atoms with E-state index in [4.69, 9.17) is 0 Å². The number of hydrogen-bond acceptors (Lipinski definition) is 4. The van der Waals surface area contributed by atoms with E-state index >= 15 is 0 Å². The quantitative estimate of drug-likeness (QED) is 0.495. The van der Waals surface area contributed by atoms with Crippen molar-refractivity contribution in [3.05, 3.63) is 47.4 Å². The first-order valence-electron chi connectivity index (χ1n) is 6.94. The number of aromatic hydroxyl groups is 1. The summed E-state index contributed by atoms with van der Waals surface area (Å²) in [5, 5.41) is 15.8. The maximum Gasteiger partial charge on any atom is 0.144 e. The maximum atomic E-state index is 10.3. The number of thiophene rings is 1. The van der Waals surface area contributed by atoms with Crippen LogP contribution in [-0.2, 0) is 0 Å². The molecule has 2 aromatic rings. The summed E-state index contributed by atoms with van der Waals surface area (Å²) in [5.41, 5.74) is 1.07. The molecule has 134 valence electrons. The number of nitrogens with zero attached hydrogens (tertiary/aromatic N) is 1. The van der Waals surface area contributed by atoms with Gasteiger partial charge < -0.3 is 10.4 Å². The molecule has 0 unspecified atom stereocenters. The van der Waals surface area contributed by atoms with Crippen LogP contribution in [0.15, 0.2) is 37.0 Å². The molecule has 0 aliphatic carbocycles. The smallest absolute Gasteiger partial charge is 0.144 e. The molecule has 3 nitrogen and oxygen atoms in total. The fourth-order valence-corrected chi connectivity index (χ4v) is 6.16. The zero-order valence-electron chi connectivity index (χ0n) is 12.5. The normalized spacial score (nSPS) is 16.1. The zero-order chi connectivity index (χ0) is 15.7. The van der Waals surface area contributed by atoms with Gasteiger partial charge in [-0.15, -0.1) is 36.2 Å². The summed E-state index contributed by atoms with van der Waals surface area (Å²) < 4.78 is 2.41. The van der Waals surface area contributed by atoms with Gasteiger partial charge in [-0.1, -0.05) is 22.0 Å². The highest BCUT2D eigenvalue weighted by Crippen LogP contribution is 2.46. The minimum atomic E-state index is 0. The van der Waals surface area contributed by atoms with Gasteiger partial charge in [0.05, 0.1) is 15.0 Å². The first kappa shape index (κ1) is 22.7. The maximum absolute atomic E-state index is 10.3. The van der Waals surface area contributed by atoms with Crippen molar-refractivity contribution in [2.45, 2.75) is 6.04 Å². The van der Waals surface area contributed by atoms with Crippen molar-refractivity contribution in [1.82, 2.24) is 10.2 Å². The summed E-state index contributed by atoms with van der Waals surface area (Å²) in [7, 11) is 0. The molecule has 1 aliphatic heterocycles. The van der Waals surface area contributed by atoms with Crippen LogP contribution in [0.3, 0.4) is 0 Å². The van der Waals surface area contributed by atoms with Gasteiger partial charge in [-0.05, 0) is 49.4 Å². The van der Waals surface area contributed by atoms with Crippen LogP contribution >= 0.6 is 83.9 Å². The van der Waals surface area contributed by atoms with Crippen molar-refractivity contribution < 1.29 is 5.11 Å². The van der Waals surface area contributed by atoms with E-state index in [1.54, 1.807) is 11.3 Å². The lowest BCUT2D eigenvalue weighted by molar-refractivity contribution is 0.199. The summed E-state index contributed by atoms with van der Waals surface area (Å²) in [5.74, 6) is 0.245. The van der Waals surface area contributed by atoms with Gasteiger partial charge in [0.2, 0.25) is 0 Å². The second-order valence-electron chi connectivity index (χ2n) is 5.12. The topological polar surface area (TPSA) is 35.5 Å². The lowest BCUT2D eigenvalue weighted by Gasteiger charge is -2.35. The second-order valence-corrected chi connectivity index (χ2v) is 8.60. The molecule has 1 aromatic heterocycles. The van der Waals surface area contributed by atoms with E-state index in [0.717, 1.165) is 40.7 Å². The predicted molar refractivity (Wildman–Crippen MR) is 116 cm³/mol. The average molecular weight is 584 g/mol. The number of benzene rings is 1. The Hall–Kier alpha value is 0.660. The second kappa shape index (κ2) is 10.1. The van der Waals surface area contributed by atoms with Crippen LogP contribution in [0.2, 0.25) is 0 Å². The van der Waals surface area contributed by atoms with E-state index in [1.165, 1.54) is 4.88 Å². The van der Waals surface area contributed by atoms with Crippen molar-refractivity contribution >= 4 is 83.9 Å². The lowest BCUT2D eigenvalue weighted by Crippen LogP contribution is -2.45. The Labute approximate surface area is 183 Å². The largest absolute Gasteiger partial charge is 0.506 e. The zero-order valence-corrected chi connectivity index (χ0v) is 19.7. The molecule has 0 radical (unpaired) electrons. The third-order valence-corrected chi connectivity index (χ3v) is 6.77. The van der Waals surface area contributed by atoms with Crippen molar-refractivity contribution in [1.29, 1.82) is 0 Å². The van der Waals surface area contributed by atoms with E-state index in [0.29, 0.717) is 4.47 Å². The van der Waals surface area contributed by atoms with Gasteiger partial charge in [0.1, 0.15) is 5.75 Å². The molecule has 1 saturated heterocycles. The number of hydrogen-bond donors (Lipinski definition) is 2. The van der Waals surface area contributed by atoms with Crippen LogP contribution in [-0.4, -0.2) is 36.2 Å². The van der Waals surface area contributed by atoms with Crippen molar-refractivity contribution in [3.63, 3.8) is 0 Å². The van der Waals surface area contributed by atoms with Crippen LogP contribution in [0.1, 0.15) is 16.5 Å². The van der Waals surface area contributed by atoms with E-state index < -0.39 is 0 Å². The number of piperazine rings is 1. The molecule has 0 amide bonds. The molecular formula is C15H17Br3Cl2N2OS. The number of halogens is 5. The Morgan fingerprint density at radius 1 is 1.12 bits per heavy atom. The van der Waals surface area contributed by atoms with E-state index in [1.807, 2.05) is 6.07 Å². The molecule has 0 spiro atoms. The molecule has 9 heteroatoms. The van der Waals surface area contributed by atoms with Gasteiger partial charge >= 0.3 is 0 Å². The van der Waals surface area contributed by atoms with Gasteiger partial charge in [0.25, 0.3) is 0 Å². The Bertz CT molecular complexity index is 667. The van der Waals surface area contributed by atoms with Gasteiger partial charge in [-0.25, -0.2) is 0 Å². The van der Waals surface area contributed by atoms with Crippen LogP contribution in [0.4, 0.5) is 0 Å². The van der Waals surface area contributed by atoms with Crippen molar-refractivity contribution in [3.8, 4) is 5.75 Å². The average Bonchev–Trinajstić information content (AvgIpc) is 3.04. The van der Waals surface area contributed by atoms with Crippen LogP contribution < -0.4 is 5.32 Å². The Kier molecular flexibility index (Phi) is 9.57. The highest BCUT2D eigenvalue weighted by molar-refractivity contribution is 9.11. The lowest BCUT2D eigenvalue weighted by atomic mass is 10.0. The van der Waals surface area contributed by atoms with Crippen LogP contribution in [0, 0.1) is 0 Å². The third-order valence-electron chi connectivity index (χ3n) is 3.78. The van der Waals surface area contributed by atoms with Crippen LogP contribution in [0.25, 0.3) is 0 Å². The molecule has 1 fully saturated rings. The van der Waals surface area contributed by atoms with Gasteiger partial charge in [0, 0.05) is 41.1 Å². The van der Waals surface area contributed by atoms with Gasteiger partial charge in [0.15, 0.2) is 0 Å². The molecule has 1 aliphatic rings. The Balaban J connectivity index is 0.00000144. The van der Waals surface area contributed by atoms with E-state index in [9.17, 15) is 5.11 Å². The number of phenols is 1. The summed E-state index contributed by atoms with van der Waals surface area (Å²) >= 11 is 12.4.